The summed E-state index contributed by atoms with van der Waals surface area (Å²) < 4.78 is 0. The Morgan fingerprint density at radius 2 is 1.83 bits per heavy atom. The van der Waals surface area contributed by atoms with Crippen molar-refractivity contribution in [3.05, 3.63) is 52.3 Å². The molecule has 1 aromatic heterocycles. The fourth-order valence-electron chi connectivity index (χ4n) is 3.93. The number of anilines is 1. The van der Waals surface area contributed by atoms with Crippen molar-refractivity contribution >= 4 is 29.2 Å². The van der Waals surface area contributed by atoms with Gasteiger partial charge in [0.15, 0.2) is 0 Å². The van der Waals surface area contributed by atoms with Gasteiger partial charge in [-0.25, -0.2) is 9.97 Å². The van der Waals surface area contributed by atoms with E-state index in [-0.39, 0.29) is 0 Å². The Balaban J connectivity index is 1.48. The Hall–Kier alpha value is -1.36. The molecule has 6 heteroatoms. The van der Waals surface area contributed by atoms with E-state index >= 15 is 0 Å². The molecule has 0 radical (unpaired) electrons. The molecule has 2 atom stereocenters. The van der Waals surface area contributed by atoms with E-state index in [1.165, 1.54) is 18.4 Å². The third kappa shape index (κ3) is 3.23. The highest BCUT2D eigenvalue weighted by Crippen LogP contribution is 2.34. The van der Waals surface area contributed by atoms with Gasteiger partial charge in [0.25, 0.3) is 0 Å². The molecule has 2 fully saturated rings. The molecule has 0 N–H and O–H groups in total. The molecule has 2 aliphatic heterocycles. The van der Waals surface area contributed by atoms with E-state index in [9.17, 15) is 0 Å². The maximum absolute atomic E-state index is 6.16. The lowest BCUT2D eigenvalue weighted by Crippen LogP contribution is -2.48. The van der Waals surface area contributed by atoms with E-state index in [0.29, 0.717) is 16.1 Å². The largest absolute Gasteiger partial charge is 0.339 e. The molecule has 0 bridgehead atoms. The zero-order valence-electron chi connectivity index (χ0n) is 13.4. The van der Waals surface area contributed by atoms with E-state index in [2.05, 4.69) is 25.8 Å². The van der Waals surface area contributed by atoms with Crippen LogP contribution in [0.1, 0.15) is 18.4 Å². The monoisotopic (exact) mass is 362 g/mol. The lowest BCUT2D eigenvalue weighted by molar-refractivity contribution is 0.200. The lowest BCUT2D eigenvalue weighted by atomic mass is 9.92. The number of halogens is 2. The van der Waals surface area contributed by atoms with E-state index in [1.54, 1.807) is 0 Å². The minimum Gasteiger partial charge on any atom is -0.339 e. The molecule has 0 spiro atoms. The third-order valence-corrected chi connectivity index (χ3v) is 5.92. The Kier molecular flexibility index (Phi) is 4.61. The van der Waals surface area contributed by atoms with Gasteiger partial charge in [-0.15, -0.1) is 0 Å². The summed E-state index contributed by atoms with van der Waals surface area (Å²) in [4.78, 5) is 13.7. The van der Waals surface area contributed by atoms with Gasteiger partial charge in [-0.1, -0.05) is 29.3 Å². The predicted octanol–water partition coefficient (Wildman–Crippen LogP) is 3.88. The van der Waals surface area contributed by atoms with Crippen LogP contribution in [0.5, 0.6) is 0 Å². The number of nitrogens with zero attached hydrogens (tertiary/aromatic N) is 4. The van der Waals surface area contributed by atoms with Crippen molar-refractivity contribution in [1.82, 2.24) is 14.9 Å². The Morgan fingerprint density at radius 3 is 2.62 bits per heavy atom. The molecule has 2 aromatic rings. The summed E-state index contributed by atoms with van der Waals surface area (Å²) in [7, 11) is 0. The lowest BCUT2D eigenvalue weighted by Gasteiger charge is -2.38. The normalized spacial score (nSPS) is 24.2. The second-order valence-corrected chi connectivity index (χ2v) is 7.43. The number of benzene rings is 1. The molecule has 0 aliphatic carbocycles. The highest BCUT2D eigenvalue weighted by molar-refractivity contribution is 6.42. The van der Waals surface area contributed by atoms with Gasteiger partial charge in [0.2, 0.25) is 5.95 Å². The minimum atomic E-state index is 0.553. The van der Waals surface area contributed by atoms with Gasteiger partial charge in [-0.2, -0.15) is 0 Å². The summed E-state index contributed by atoms with van der Waals surface area (Å²) in [5.41, 5.74) is 1.22. The highest BCUT2D eigenvalue weighted by atomic mass is 35.5. The molecule has 24 heavy (non-hydrogen) atoms. The Bertz CT molecular complexity index is 709. The van der Waals surface area contributed by atoms with Crippen LogP contribution < -0.4 is 4.90 Å². The first-order chi connectivity index (χ1) is 11.7. The van der Waals surface area contributed by atoms with E-state index in [4.69, 9.17) is 23.2 Å². The molecule has 0 saturated carbocycles. The third-order valence-electron chi connectivity index (χ3n) is 5.18. The number of hydrogen-bond acceptors (Lipinski definition) is 4. The minimum absolute atomic E-state index is 0.553. The van der Waals surface area contributed by atoms with Crippen molar-refractivity contribution < 1.29 is 0 Å². The zero-order chi connectivity index (χ0) is 16.5. The molecule has 1 aromatic carbocycles. The summed E-state index contributed by atoms with van der Waals surface area (Å²) in [5, 5.41) is 1.25. The van der Waals surface area contributed by atoms with Gasteiger partial charge < -0.3 is 4.90 Å². The van der Waals surface area contributed by atoms with Crippen LogP contribution in [0.4, 0.5) is 5.95 Å². The van der Waals surface area contributed by atoms with Crippen molar-refractivity contribution in [1.29, 1.82) is 0 Å². The molecule has 2 saturated heterocycles. The maximum atomic E-state index is 6.16. The summed E-state index contributed by atoms with van der Waals surface area (Å²) in [6.07, 6.45) is 6.11. The fourth-order valence-corrected chi connectivity index (χ4v) is 4.25. The number of rotatable bonds is 3. The van der Waals surface area contributed by atoms with Crippen molar-refractivity contribution in [2.75, 3.05) is 24.5 Å². The second kappa shape index (κ2) is 6.87. The fraction of sp³-hybridized carbons (Fsp3) is 0.444. The molecule has 4 nitrogen and oxygen atoms in total. The van der Waals surface area contributed by atoms with Crippen molar-refractivity contribution in [3.8, 4) is 0 Å². The van der Waals surface area contributed by atoms with Crippen LogP contribution >= 0.6 is 23.2 Å². The van der Waals surface area contributed by atoms with Crippen LogP contribution in [0.15, 0.2) is 36.7 Å². The average Bonchev–Trinajstić information content (AvgIpc) is 3.01. The summed E-state index contributed by atoms with van der Waals surface area (Å²) in [5.74, 6) is 1.62. The SMILES string of the molecule is Clc1ccc(CN2CCC3CCN(c4ncccn4)CC32)cc1Cl. The van der Waals surface area contributed by atoms with E-state index < -0.39 is 0 Å². The summed E-state index contributed by atoms with van der Waals surface area (Å²) in [6.45, 7) is 4.10. The van der Waals surface area contributed by atoms with Crippen LogP contribution in [-0.2, 0) is 6.54 Å². The first-order valence-corrected chi connectivity index (χ1v) is 9.16. The molecule has 4 rings (SSSR count). The number of fused-ring (bicyclic) bond motifs is 1. The average molecular weight is 363 g/mol. The summed E-state index contributed by atoms with van der Waals surface area (Å²) in [6, 6.07) is 8.36. The van der Waals surface area contributed by atoms with Gasteiger partial charge >= 0.3 is 0 Å². The van der Waals surface area contributed by atoms with Gasteiger partial charge in [0.1, 0.15) is 0 Å². The van der Waals surface area contributed by atoms with Crippen molar-refractivity contribution in [2.45, 2.75) is 25.4 Å². The van der Waals surface area contributed by atoms with Crippen LogP contribution in [0.3, 0.4) is 0 Å². The highest BCUT2D eigenvalue weighted by Gasteiger charge is 2.38. The number of likely N-dealkylation sites (tertiary alicyclic amines) is 1. The first-order valence-electron chi connectivity index (χ1n) is 8.40. The Morgan fingerprint density at radius 1 is 1.04 bits per heavy atom. The molecular formula is C18H20Cl2N4. The Labute approximate surface area is 152 Å². The maximum Gasteiger partial charge on any atom is 0.225 e. The van der Waals surface area contributed by atoms with Crippen LogP contribution in [0.2, 0.25) is 10.0 Å². The molecule has 2 unspecified atom stereocenters. The van der Waals surface area contributed by atoms with E-state index in [0.717, 1.165) is 38.0 Å². The van der Waals surface area contributed by atoms with Gasteiger partial charge in [-0.05, 0) is 49.1 Å². The van der Waals surface area contributed by atoms with Gasteiger partial charge in [-0.3, -0.25) is 4.90 Å². The van der Waals surface area contributed by atoms with Crippen LogP contribution in [-0.4, -0.2) is 40.5 Å². The van der Waals surface area contributed by atoms with Gasteiger partial charge in [0.05, 0.1) is 10.0 Å². The molecule has 2 aliphatic rings. The number of hydrogen-bond donors (Lipinski definition) is 0. The topological polar surface area (TPSA) is 32.3 Å². The smallest absolute Gasteiger partial charge is 0.225 e. The molecule has 0 amide bonds. The standard InChI is InChI=1S/C18H20Cl2N4/c19-15-3-2-13(10-16(15)20)11-23-8-4-14-5-9-24(12-17(14)23)18-21-6-1-7-22-18/h1-3,6-7,10,14,17H,4-5,8-9,11-12H2. The first kappa shape index (κ1) is 16.1. The molecule has 126 valence electrons. The van der Waals surface area contributed by atoms with Crippen molar-refractivity contribution in [3.63, 3.8) is 0 Å². The van der Waals surface area contributed by atoms with Crippen LogP contribution in [0.25, 0.3) is 0 Å². The molecular weight excluding hydrogens is 343 g/mol. The molecule has 3 heterocycles. The van der Waals surface area contributed by atoms with Gasteiger partial charge in [0, 0.05) is 38.1 Å². The quantitative estimate of drug-likeness (QED) is 0.828. The zero-order valence-corrected chi connectivity index (χ0v) is 14.9. The predicted molar refractivity (Wildman–Crippen MR) is 97.6 cm³/mol. The van der Waals surface area contributed by atoms with E-state index in [1.807, 2.05) is 30.6 Å². The van der Waals surface area contributed by atoms with Crippen LogP contribution in [0, 0.1) is 5.92 Å². The summed E-state index contributed by atoms with van der Waals surface area (Å²) >= 11 is 12.2. The number of piperidine rings is 1. The number of aromatic nitrogens is 2. The second-order valence-electron chi connectivity index (χ2n) is 6.62. The van der Waals surface area contributed by atoms with Crippen molar-refractivity contribution in [2.24, 2.45) is 5.92 Å².